The number of ether oxygens (including phenoxy) is 3. The molecule has 0 unspecified atom stereocenters. The van der Waals surface area contributed by atoms with E-state index in [1.54, 1.807) is 86.8 Å². The molecule has 0 radical (unpaired) electrons. The second-order valence-corrected chi connectivity index (χ2v) is 7.19. The predicted octanol–water partition coefficient (Wildman–Crippen LogP) is 3.79. The molecule has 0 aliphatic carbocycles. The van der Waals surface area contributed by atoms with E-state index in [2.05, 4.69) is 15.8 Å². The highest BCUT2D eigenvalue weighted by Gasteiger charge is 2.14. The van der Waals surface area contributed by atoms with Gasteiger partial charge < -0.3 is 19.5 Å². The van der Waals surface area contributed by atoms with Crippen molar-refractivity contribution in [1.29, 1.82) is 0 Å². The molecule has 0 bridgehead atoms. The lowest BCUT2D eigenvalue weighted by molar-refractivity contribution is -0.136. The molecule has 0 spiro atoms. The molecule has 0 saturated carbocycles. The topological polar surface area (TPSA) is 115 Å². The summed E-state index contributed by atoms with van der Waals surface area (Å²) in [7, 11) is 1.55. The number of nitrogens with zero attached hydrogens (tertiary/aromatic N) is 1. The van der Waals surface area contributed by atoms with E-state index in [0.717, 1.165) is 0 Å². The molecule has 35 heavy (non-hydrogen) atoms. The molecule has 0 aromatic heterocycles. The van der Waals surface area contributed by atoms with Crippen molar-refractivity contribution in [1.82, 2.24) is 5.43 Å². The average Bonchev–Trinajstić information content (AvgIpc) is 2.88. The van der Waals surface area contributed by atoms with E-state index in [-0.39, 0.29) is 0 Å². The van der Waals surface area contributed by atoms with Crippen LogP contribution < -0.4 is 25.0 Å². The fourth-order valence-corrected chi connectivity index (χ4v) is 2.90. The third-order valence-electron chi connectivity index (χ3n) is 4.76. The SMILES string of the molecule is CCOc1ccc(NC(=O)C(=O)N/N=C(\C)c2ccc(OC(=O)c3ccc(OC)cc3)cc2)cc1. The maximum atomic E-state index is 12.3. The van der Waals surface area contributed by atoms with E-state index in [0.29, 0.717) is 46.4 Å². The fourth-order valence-electron chi connectivity index (χ4n) is 2.90. The molecule has 9 heteroatoms. The molecule has 3 aromatic rings. The van der Waals surface area contributed by atoms with E-state index in [4.69, 9.17) is 14.2 Å². The van der Waals surface area contributed by atoms with Gasteiger partial charge in [-0.1, -0.05) is 0 Å². The van der Waals surface area contributed by atoms with Gasteiger partial charge in [-0.25, -0.2) is 10.2 Å². The van der Waals surface area contributed by atoms with Crippen LogP contribution in [-0.4, -0.2) is 37.2 Å². The molecule has 0 aliphatic rings. The molecular weight excluding hydrogens is 450 g/mol. The van der Waals surface area contributed by atoms with Crippen molar-refractivity contribution < 1.29 is 28.6 Å². The summed E-state index contributed by atoms with van der Waals surface area (Å²) in [5.41, 5.74) is 4.19. The van der Waals surface area contributed by atoms with Gasteiger partial charge >= 0.3 is 17.8 Å². The van der Waals surface area contributed by atoms with Crippen LogP contribution in [0.3, 0.4) is 0 Å². The van der Waals surface area contributed by atoms with Crippen LogP contribution in [0.5, 0.6) is 17.2 Å². The molecule has 2 amide bonds. The Bertz CT molecular complexity index is 1200. The van der Waals surface area contributed by atoms with Crippen molar-refractivity contribution in [2.24, 2.45) is 5.10 Å². The number of nitrogens with one attached hydrogen (secondary N) is 2. The maximum Gasteiger partial charge on any atom is 0.343 e. The minimum absolute atomic E-state index is 0.348. The molecule has 0 heterocycles. The van der Waals surface area contributed by atoms with Gasteiger partial charge in [-0.05, 0) is 92.2 Å². The number of amides is 2. The zero-order valence-electron chi connectivity index (χ0n) is 19.5. The molecule has 0 atom stereocenters. The first-order valence-electron chi connectivity index (χ1n) is 10.7. The van der Waals surface area contributed by atoms with Gasteiger partial charge in [-0.15, -0.1) is 0 Å². The summed E-state index contributed by atoms with van der Waals surface area (Å²) in [5.74, 6) is -0.620. The Hall–Kier alpha value is -4.66. The Kier molecular flexibility index (Phi) is 8.55. The number of hydrazone groups is 1. The number of carbonyl (C=O) groups is 3. The van der Waals surface area contributed by atoms with Crippen LogP contribution in [0, 0.1) is 0 Å². The van der Waals surface area contributed by atoms with Crippen LogP contribution in [0.15, 0.2) is 77.9 Å². The summed E-state index contributed by atoms with van der Waals surface area (Å²) in [5, 5.41) is 6.46. The van der Waals surface area contributed by atoms with Crippen LogP contribution in [0.4, 0.5) is 5.69 Å². The molecule has 3 aromatic carbocycles. The van der Waals surface area contributed by atoms with Gasteiger partial charge in [0.2, 0.25) is 0 Å². The summed E-state index contributed by atoms with van der Waals surface area (Å²) in [6.07, 6.45) is 0. The monoisotopic (exact) mass is 475 g/mol. The summed E-state index contributed by atoms with van der Waals surface area (Å²) >= 11 is 0. The van der Waals surface area contributed by atoms with Crippen LogP contribution >= 0.6 is 0 Å². The second kappa shape index (κ2) is 12.0. The highest BCUT2D eigenvalue weighted by molar-refractivity contribution is 6.39. The van der Waals surface area contributed by atoms with Gasteiger partial charge in [0, 0.05) is 5.69 Å². The summed E-state index contributed by atoms with van der Waals surface area (Å²) < 4.78 is 15.8. The summed E-state index contributed by atoms with van der Waals surface area (Å²) in [6.45, 7) is 4.07. The van der Waals surface area contributed by atoms with E-state index < -0.39 is 17.8 Å². The maximum absolute atomic E-state index is 12.3. The highest BCUT2D eigenvalue weighted by atomic mass is 16.5. The summed E-state index contributed by atoms with van der Waals surface area (Å²) in [4.78, 5) is 36.4. The lowest BCUT2D eigenvalue weighted by Gasteiger charge is -2.08. The van der Waals surface area contributed by atoms with Gasteiger partial charge in [0.05, 0.1) is 25.0 Å². The first kappa shape index (κ1) is 25.0. The predicted molar refractivity (Wildman–Crippen MR) is 131 cm³/mol. The average molecular weight is 476 g/mol. The molecule has 2 N–H and O–H groups in total. The highest BCUT2D eigenvalue weighted by Crippen LogP contribution is 2.17. The van der Waals surface area contributed by atoms with Crippen molar-refractivity contribution in [3.63, 3.8) is 0 Å². The minimum atomic E-state index is -0.914. The number of methoxy groups -OCH3 is 1. The van der Waals surface area contributed by atoms with Crippen molar-refractivity contribution >= 4 is 29.2 Å². The Morgan fingerprint density at radius 3 is 1.94 bits per heavy atom. The number of anilines is 1. The van der Waals surface area contributed by atoms with E-state index in [1.165, 1.54) is 0 Å². The number of hydrogen-bond donors (Lipinski definition) is 2. The Morgan fingerprint density at radius 1 is 0.771 bits per heavy atom. The minimum Gasteiger partial charge on any atom is -0.497 e. The zero-order chi connectivity index (χ0) is 25.2. The largest absolute Gasteiger partial charge is 0.497 e. The van der Waals surface area contributed by atoms with Gasteiger partial charge in [0.15, 0.2) is 0 Å². The molecular formula is C26H25N3O6. The summed E-state index contributed by atoms with van der Waals surface area (Å²) in [6, 6.07) is 19.8. The van der Waals surface area contributed by atoms with E-state index >= 15 is 0 Å². The third kappa shape index (κ3) is 7.16. The van der Waals surface area contributed by atoms with Crippen LogP contribution in [-0.2, 0) is 9.59 Å². The van der Waals surface area contributed by atoms with Gasteiger partial charge in [0.1, 0.15) is 17.2 Å². The smallest absolute Gasteiger partial charge is 0.343 e. The Labute approximate surface area is 202 Å². The van der Waals surface area contributed by atoms with Crippen LogP contribution in [0.25, 0.3) is 0 Å². The lowest BCUT2D eigenvalue weighted by atomic mass is 10.1. The molecule has 180 valence electrons. The second-order valence-electron chi connectivity index (χ2n) is 7.19. The standard InChI is InChI=1S/C26H25N3O6/c1-4-34-22-15-9-20(10-16-22)27-24(30)25(31)29-28-17(2)18-5-13-23(14-6-18)35-26(32)19-7-11-21(33-3)12-8-19/h5-16H,4H2,1-3H3,(H,27,30)(H,29,31)/b28-17+. The van der Waals surface area contributed by atoms with E-state index in [9.17, 15) is 14.4 Å². The normalized spacial score (nSPS) is 10.8. The number of rotatable bonds is 8. The third-order valence-corrected chi connectivity index (χ3v) is 4.76. The Balaban J connectivity index is 1.53. The molecule has 3 rings (SSSR count). The molecule has 9 nitrogen and oxygen atoms in total. The first-order chi connectivity index (χ1) is 16.9. The van der Waals surface area contributed by atoms with E-state index in [1.807, 2.05) is 6.92 Å². The fraction of sp³-hybridized carbons (Fsp3) is 0.154. The number of esters is 1. The quantitative estimate of drug-likeness (QED) is 0.168. The van der Waals surface area contributed by atoms with Crippen molar-refractivity contribution in [2.75, 3.05) is 19.0 Å². The number of hydrogen-bond acceptors (Lipinski definition) is 7. The van der Waals surface area contributed by atoms with Crippen LogP contribution in [0.2, 0.25) is 0 Å². The Morgan fingerprint density at radius 2 is 1.34 bits per heavy atom. The van der Waals surface area contributed by atoms with Crippen molar-refractivity contribution in [3.05, 3.63) is 83.9 Å². The van der Waals surface area contributed by atoms with Gasteiger partial charge in [-0.2, -0.15) is 5.10 Å². The van der Waals surface area contributed by atoms with Gasteiger partial charge in [-0.3, -0.25) is 9.59 Å². The van der Waals surface area contributed by atoms with Gasteiger partial charge in [0.25, 0.3) is 0 Å². The zero-order valence-corrected chi connectivity index (χ0v) is 19.5. The van der Waals surface area contributed by atoms with Crippen molar-refractivity contribution in [3.8, 4) is 17.2 Å². The van der Waals surface area contributed by atoms with Crippen molar-refractivity contribution in [2.45, 2.75) is 13.8 Å². The molecule has 0 fully saturated rings. The number of benzene rings is 3. The lowest BCUT2D eigenvalue weighted by Crippen LogP contribution is -2.32. The first-order valence-corrected chi connectivity index (χ1v) is 10.7. The van der Waals surface area contributed by atoms with Crippen LogP contribution in [0.1, 0.15) is 29.8 Å². The number of carbonyl (C=O) groups excluding carboxylic acids is 3. The molecule has 0 saturated heterocycles. The molecule has 0 aliphatic heterocycles.